The fourth-order valence-electron chi connectivity index (χ4n) is 1.34. The zero-order valence-corrected chi connectivity index (χ0v) is 10.2. The molecule has 0 aliphatic carbocycles. The fraction of sp³-hybridized carbons (Fsp3) is 0. The number of hydrogen-bond donors (Lipinski definition) is 1. The SMILES string of the molecule is N#Cc1ccc(Sc2nccc(=O)[nH]2)cc1[N+](=O)[O-]. The number of nitro groups is 1. The molecule has 0 radical (unpaired) electrons. The second-order valence-corrected chi connectivity index (χ2v) is 4.45. The van der Waals surface area contributed by atoms with E-state index in [4.69, 9.17) is 5.26 Å². The van der Waals surface area contributed by atoms with Crippen LogP contribution in [0, 0.1) is 21.4 Å². The minimum Gasteiger partial charge on any atom is -0.301 e. The van der Waals surface area contributed by atoms with Crippen LogP contribution in [0.4, 0.5) is 5.69 Å². The molecule has 1 aromatic carbocycles. The van der Waals surface area contributed by atoms with E-state index in [9.17, 15) is 14.9 Å². The van der Waals surface area contributed by atoms with Gasteiger partial charge < -0.3 is 4.98 Å². The Bertz CT molecular complexity index is 735. The van der Waals surface area contributed by atoms with Crippen molar-refractivity contribution in [2.75, 3.05) is 0 Å². The summed E-state index contributed by atoms with van der Waals surface area (Å²) in [5, 5.41) is 19.9. The number of nitriles is 1. The molecular weight excluding hydrogens is 268 g/mol. The molecule has 19 heavy (non-hydrogen) atoms. The summed E-state index contributed by atoms with van der Waals surface area (Å²) in [6.07, 6.45) is 1.35. The largest absolute Gasteiger partial charge is 0.301 e. The number of aromatic nitrogens is 2. The van der Waals surface area contributed by atoms with Crippen LogP contribution in [-0.2, 0) is 0 Å². The molecule has 94 valence electrons. The van der Waals surface area contributed by atoms with Crippen molar-refractivity contribution in [1.82, 2.24) is 9.97 Å². The lowest BCUT2D eigenvalue weighted by molar-refractivity contribution is -0.385. The summed E-state index contributed by atoms with van der Waals surface area (Å²) in [7, 11) is 0. The number of hydrogen-bond acceptors (Lipinski definition) is 6. The maximum atomic E-state index is 11.1. The fourth-order valence-corrected chi connectivity index (χ4v) is 2.13. The van der Waals surface area contributed by atoms with Crippen LogP contribution in [0.3, 0.4) is 0 Å². The molecule has 0 saturated heterocycles. The average molecular weight is 274 g/mol. The molecule has 0 bridgehead atoms. The summed E-state index contributed by atoms with van der Waals surface area (Å²) in [5.74, 6) is 0. The lowest BCUT2D eigenvalue weighted by Crippen LogP contribution is -2.05. The van der Waals surface area contributed by atoms with E-state index >= 15 is 0 Å². The number of nitrogens with one attached hydrogen (secondary N) is 1. The molecule has 0 fully saturated rings. The number of benzene rings is 1. The molecule has 0 aliphatic heterocycles. The van der Waals surface area contributed by atoms with E-state index in [1.807, 2.05) is 0 Å². The van der Waals surface area contributed by atoms with E-state index in [1.54, 1.807) is 12.1 Å². The number of nitro benzene ring substituents is 1. The van der Waals surface area contributed by atoms with Crippen LogP contribution in [-0.4, -0.2) is 14.9 Å². The van der Waals surface area contributed by atoms with Crippen molar-refractivity contribution in [3.63, 3.8) is 0 Å². The molecular formula is C11H6N4O3S. The van der Waals surface area contributed by atoms with Crippen molar-refractivity contribution in [2.24, 2.45) is 0 Å². The molecule has 0 amide bonds. The van der Waals surface area contributed by atoms with Gasteiger partial charge in [-0.15, -0.1) is 0 Å². The summed E-state index contributed by atoms with van der Waals surface area (Å²) in [5.41, 5.74) is -0.588. The van der Waals surface area contributed by atoms with E-state index < -0.39 is 4.92 Å². The molecule has 2 aromatic rings. The van der Waals surface area contributed by atoms with E-state index in [0.717, 1.165) is 11.8 Å². The lowest BCUT2D eigenvalue weighted by atomic mass is 10.2. The molecule has 7 nitrogen and oxygen atoms in total. The topological polar surface area (TPSA) is 113 Å². The summed E-state index contributed by atoms with van der Waals surface area (Å²) in [6, 6.07) is 7.22. The number of H-pyrrole nitrogens is 1. The van der Waals surface area contributed by atoms with Gasteiger partial charge in [-0.05, 0) is 12.1 Å². The highest BCUT2D eigenvalue weighted by Crippen LogP contribution is 2.29. The van der Waals surface area contributed by atoms with Crippen LogP contribution in [0.5, 0.6) is 0 Å². The third-order valence-corrected chi connectivity index (χ3v) is 3.04. The molecule has 2 rings (SSSR count). The van der Waals surface area contributed by atoms with Crippen LogP contribution in [0.15, 0.2) is 45.3 Å². The molecule has 1 aromatic heterocycles. The Morgan fingerprint density at radius 3 is 2.84 bits per heavy atom. The Labute approximate surface area is 111 Å². The zero-order valence-electron chi connectivity index (χ0n) is 9.36. The molecule has 1 N–H and O–H groups in total. The summed E-state index contributed by atoms with van der Waals surface area (Å²) < 4.78 is 0. The Balaban J connectivity index is 2.37. The van der Waals surface area contributed by atoms with Crippen LogP contribution < -0.4 is 5.56 Å². The average Bonchev–Trinajstić information content (AvgIpc) is 2.38. The normalized spacial score (nSPS) is 9.84. The maximum absolute atomic E-state index is 11.1. The summed E-state index contributed by atoms with van der Waals surface area (Å²) in [4.78, 5) is 28.2. The van der Waals surface area contributed by atoms with Crippen molar-refractivity contribution in [1.29, 1.82) is 5.26 Å². The third-order valence-electron chi connectivity index (χ3n) is 2.15. The first-order valence-electron chi connectivity index (χ1n) is 5.02. The van der Waals surface area contributed by atoms with Crippen molar-refractivity contribution in [3.8, 4) is 6.07 Å². The van der Waals surface area contributed by atoms with Crippen molar-refractivity contribution < 1.29 is 4.92 Å². The third kappa shape index (κ3) is 2.97. The molecule has 0 aliphatic rings. The number of nitrogens with zero attached hydrogens (tertiary/aromatic N) is 3. The van der Waals surface area contributed by atoms with Crippen molar-refractivity contribution in [2.45, 2.75) is 10.1 Å². The Hall–Kier alpha value is -2.66. The predicted octanol–water partition coefficient (Wildman–Crippen LogP) is 1.70. The summed E-state index contributed by atoms with van der Waals surface area (Å²) in [6.45, 7) is 0. The predicted molar refractivity (Wildman–Crippen MR) is 66.8 cm³/mol. The van der Waals surface area contributed by atoms with Gasteiger partial charge >= 0.3 is 0 Å². The van der Waals surface area contributed by atoms with E-state index in [1.165, 1.54) is 24.4 Å². The van der Waals surface area contributed by atoms with Crippen molar-refractivity contribution >= 4 is 17.4 Å². The van der Waals surface area contributed by atoms with Gasteiger partial charge in [0, 0.05) is 23.2 Å². The van der Waals surface area contributed by atoms with Crippen molar-refractivity contribution in [3.05, 3.63) is 56.5 Å². The Morgan fingerprint density at radius 2 is 2.21 bits per heavy atom. The van der Waals surface area contributed by atoms with Gasteiger partial charge in [-0.25, -0.2) is 4.98 Å². The second kappa shape index (κ2) is 5.32. The van der Waals surface area contributed by atoms with Gasteiger partial charge in [0.1, 0.15) is 11.6 Å². The van der Waals surface area contributed by atoms with Gasteiger partial charge in [-0.2, -0.15) is 5.26 Å². The minimum atomic E-state index is -0.621. The van der Waals surface area contributed by atoms with Gasteiger partial charge in [-0.3, -0.25) is 14.9 Å². The van der Waals surface area contributed by atoms with E-state index in [-0.39, 0.29) is 16.8 Å². The quantitative estimate of drug-likeness (QED) is 0.517. The standard InChI is InChI=1S/C11H6N4O3S/c12-6-7-1-2-8(5-9(7)15(17)18)19-11-13-4-3-10(16)14-11/h1-5H,(H,13,14,16). The highest BCUT2D eigenvalue weighted by molar-refractivity contribution is 7.99. The van der Waals surface area contributed by atoms with Gasteiger partial charge in [0.2, 0.25) is 0 Å². The maximum Gasteiger partial charge on any atom is 0.288 e. The van der Waals surface area contributed by atoms with E-state index in [2.05, 4.69) is 9.97 Å². The zero-order chi connectivity index (χ0) is 13.8. The van der Waals surface area contributed by atoms with E-state index in [0.29, 0.717) is 10.1 Å². The molecule has 1 heterocycles. The Kier molecular flexibility index (Phi) is 3.58. The molecule has 0 unspecified atom stereocenters. The number of aromatic amines is 1. The minimum absolute atomic E-state index is 0.0103. The van der Waals surface area contributed by atoms with Crippen LogP contribution in [0.1, 0.15) is 5.56 Å². The second-order valence-electron chi connectivity index (χ2n) is 3.39. The van der Waals surface area contributed by atoms with Gasteiger partial charge in [-0.1, -0.05) is 11.8 Å². The van der Waals surface area contributed by atoms with Gasteiger partial charge in [0.05, 0.1) is 4.92 Å². The lowest BCUT2D eigenvalue weighted by Gasteiger charge is -2.01. The first-order valence-corrected chi connectivity index (χ1v) is 5.83. The summed E-state index contributed by atoms with van der Waals surface area (Å²) >= 11 is 1.07. The first kappa shape index (κ1) is 12.8. The van der Waals surface area contributed by atoms with Crippen LogP contribution in [0.25, 0.3) is 0 Å². The number of rotatable bonds is 3. The van der Waals surface area contributed by atoms with Gasteiger partial charge in [0.25, 0.3) is 11.2 Å². The molecule has 0 atom stereocenters. The highest BCUT2D eigenvalue weighted by atomic mass is 32.2. The molecule has 8 heteroatoms. The van der Waals surface area contributed by atoms with Gasteiger partial charge in [0.15, 0.2) is 5.16 Å². The first-order chi connectivity index (χ1) is 9.10. The van der Waals surface area contributed by atoms with Crippen LogP contribution in [0.2, 0.25) is 0 Å². The highest BCUT2D eigenvalue weighted by Gasteiger charge is 2.15. The molecule has 0 spiro atoms. The molecule has 0 saturated carbocycles. The monoisotopic (exact) mass is 274 g/mol. The van der Waals surface area contributed by atoms with Crippen LogP contribution >= 0.6 is 11.8 Å². The smallest absolute Gasteiger partial charge is 0.288 e. The Morgan fingerprint density at radius 1 is 1.42 bits per heavy atom.